The average molecular weight is 337 g/mol. The maximum absolute atomic E-state index is 7.45. The van der Waals surface area contributed by atoms with Crippen LogP contribution >= 0.6 is 11.3 Å². The molecule has 4 N–H and O–H groups in total. The Morgan fingerprint density at radius 3 is 3.08 bits per heavy atom. The Morgan fingerprint density at radius 1 is 1.38 bits per heavy atom. The topological polar surface area (TPSA) is 87.7 Å². The largest absolute Gasteiger partial charge is 0.398 e. The molecule has 1 atom stereocenters. The highest BCUT2D eigenvalue weighted by Crippen LogP contribution is 2.40. The van der Waals surface area contributed by atoms with Gasteiger partial charge in [0, 0.05) is 28.0 Å². The Balaban J connectivity index is 1.78. The molecule has 1 unspecified atom stereocenters. The molecule has 0 bridgehead atoms. The van der Waals surface area contributed by atoms with Crippen molar-refractivity contribution in [3.63, 3.8) is 0 Å². The fraction of sp³-hybridized carbons (Fsp3) is 0.278. The molecule has 1 aliphatic rings. The van der Waals surface area contributed by atoms with Gasteiger partial charge in [-0.15, -0.1) is 11.3 Å². The van der Waals surface area contributed by atoms with E-state index < -0.39 is 0 Å². The number of nitrogen functional groups attached to an aromatic ring is 1. The highest BCUT2D eigenvalue weighted by molar-refractivity contribution is 7.19. The van der Waals surface area contributed by atoms with E-state index in [9.17, 15) is 0 Å². The molecule has 4 rings (SSSR count). The van der Waals surface area contributed by atoms with E-state index in [0.717, 1.165) is 40.5 Å². The van der Waals surface area contributed by atoms with Crippen LogP contribution in [0.1, 0.15) is 29.3 Å². The molecule has 1 aromatic carbocycles. The molecule has 122 valence electrons. The zero-order chi connectivity index (χ0) is 16.7. The van der Waals surface area contributed by atoms with Gasteiger partial charge in [0.05, 0.1) is 5.39 Å². The van der Waals surface area contributed by atoms with Gasteiger partial charge in [0.1, 0.15) is 17.0 Å². The maximum Gasteiger partial charge on any atom is 0.142 e. The van der Waals surface area contributed by atoms with Crippen LogP contribution in [0.2, 0.25) is 0 Å². The summed E-state index contributed by atoms with van der Waals surface area (Å²) in [5, 5.41) is 12.0. The number of benzene rings is 1. The second kappa shape index (κ2) is 5.87. The third-order valence-electron chi connectivity index (χ3n) is 4.60. The predicted molar refractivity (Wildman–Crippen MR) is 101 cm³/mol. The lowest BCUT2D eigenvalue weighted by Gasteiger charge is -2.18. The van der Waals surface area contributed by atoms with Gasteiger partial charge in [-0.25, -0.2) is 9.97 Å². The van der Waals surface area contributed by atoms with Crippen molar-refractivity contribution in [2.75, 3.05) is 11.1 Å². The van der Waals surface area contributed by atoms with E-state index in [1.165, 1.54) is 23.1 Å². The first-order valence-electron chi connectivity index (χ1n) is 8.08. The second-order valence-electron chi connectivity index (χ2n) is 6.37. The molecule has 5 nitrogen and oxygen atoms in total. The molecule has 0 amide bonds. The van der Waals surface area contributed by atoms with Crippen molar-refractivity contribution < 1.29 is 0 Å². The van der Waals surface area contributed by atoms with E-state index >= 15 is 0 Å². The quantitative estimate of drug-likeness (QED) is 0.495. The van der Waals surface area contributed by atoms with Crippen LogP contribution in [0.4, 0.5) is 17.2 Å². The number of aryl methyl sites for hydroxylation is 1. The highest BCUT2D eigenvalue weighted by Gasteiger charge is 2.23. The standard InChI is InChI=1S/C18H19N5S/c1-10-2-4-13-15(6-10)24-18-16(13)17(21-9-22-18)23-12-3-5-14(20)11(7-12)8-19/h3,5,7-10,19H,2,4,6,20H2,1H3,(H,21,22,23). The summed E-state index contributed by atoms with van der Waals surface area (Å²) >= 11 is 1.79. The number of thiophene rings is 1. The van der Waals surface area contributed by atoms with E-state index in [1.54, 1.807) is 17.7 Å². The van der Waals surface area contributed by atoms with Crippen LogP contribution in [0.3, 0.4) is 0 Å². The molecule has 1 aliphatic carbocycles. The lowest BCUT2D eigenvalue weighted by molar-refractivity contribution is 0.509. The van der Waals surface area contributed by atoms with Gasteiger partial charge in [0.15, 0.2) is 0 Å². The second-order valence-corrected chi connectivity index (χ2v) is 7.45. The molecule has 3 aromatic rings. The number of anilines is 3. The summed E-state index contributed by atoms with van der Waals surface area (Å²) in [6, 6.07) is 5.60. The minimum Gasteiger partial charge on any atom is -0.398 e. The number of rotatable bonds is 3. The van der Waals surface area contributed by atoms with Gasteiger partial charge >= 0.3 is 0 Å². The molecule has 0 fully saturated rings. The van der Waals surface area contributed by atoms with E-state index in [-0.39, 0.29) is 0 Å². The molecule has 0 saturated carbocycles. The van der Waals surface area contributed by atoms with Crippen molar-refractivity contribution in [1.29, 1.82) is 5.41 Å². The molecular formula is C18H19N5S. The van der Waals surface area contributed by atoms with Crippen LogP contribution in [-0.2, 0) is 12.8 Å². The molecule has 2 aromatic heterocycles. The molecule has 0 radical (unpaired) electrons. The van der Waals surface area contributed by atoms with Crippen LogP contribution in [0.15, 0.2) is 24.5 Å². The Morgan fingerprint density at radius 2 is 2.25 bits per heavy atom. The van der Waals surface area contributed by atoms with Crippen molar-refractivity contribution in [2.45, 2.75) is 26.2 Å². The minimum atomic E-state index is 0.602. The zero-order valence-electron chi connectivity index (χ0n) is 13.5. The van der Waals surface area contributed by atoms with Crippen LogP contribution < -0.4 is 11.1 Å². The zero-order valence-corrected chi connectivity index (χ0v) is 14.3. The van der Waals surface area contributed by atoms with Crippen molar-refractivity contribution >= 4 is 45.0 Å². The van der Waals surface area contributed by atoms with Crippen LogP contribution in [0, 0.1) is 11.3 Å². The number of nitrogens with one attached hydrogen (secondary N) is 2. The van der Waals surface area contributed by atoms with Crippen molar-refractivity contribution in [3.05, 3.63) is 40.5 Å². The first kappa shape index (κ1) is 15.1. The molecule has 0 spiro atoms. The maximum atomic E-state index is 7.45. The van der Waals surface area contributed by atoms with Crippen LogP contribution in [0.25, 0.3) is 10.2 Å². The average Bonchev–Trinajstić information content (AvgIpc) is 2.94. The lowest BCUT2D eigenvalue weighted by Crippen LogP contribution is -2.09. The van der Waals surface area contributed by atoms with Gasteiger partial charge in [-0.3, -0.25) is 0 Å². The van der Waals surface area contributed by atoms with Crippen molar-refractivity contribution in [2.24, 2.45) is 5.92 Å². The lowest BCUT2D eigenvalue weighted by atomic mass is 9.89. The predicted octanol–water partition coefficient (Wildman–Crippen LogP) is 4.14. The molecule has 24 heavy (non-hydrogen) atoms. The fourth-order valence-corrected chi connectivity index (χ4v) is 4.63. The van der Waals surface area contributed by atoms with E-state index in [1.807, 2.05) is 18.2 Å². The third-order valence-corrected chi connectivity index (χ3v) is 5.76. The number of nitrogens with two attached hydrogens (primary N) is 1. The van der Waals surface area contributed by atoms with Crippen LogP contribution in [0.5, 0.6) is 0 Å². The summed E-state index contributed by atoms with van der Waals surface area (Å²) in [5.41, 5.74) is 9.45. The monoisotopic (exact) mass is 337 g/mol. The van der Waals surface area contributed by atoms with E-state index in [2.05, 4.69) is 22.2 Å². The van der Waals surface area contributed by atoms with Gasteiger partial charge in [0.2, 0.25) is 0 Å². The highest BCUT2D eigenvalue weighted by atomic mass is 32.1. The Kier molecular flexibility index (Phi) is 3.69. The van der Waals surface area contributed by atoms with Crippen LogP contribution in [-0.4, -0.2) is 16.2 Å². The Bertz CT molecular complexity index is 931. The van der Waals surface area contributed by atoms with Gasteiger partial charge in [-0.2, -0.15) is 0 Å². The smallest absolute Gasteiger partial charge is 0.142 e. The summed E-state index contributed by atoms with van der Waals surface area (Å²) < 4.78 is 0. The SMILES string of the molecule is CC1CCc2c(sc3ncnc(Nc4ccc(N)c(C=N)c4)c23)C1. The number of hydrogen-bond donors (Lipinski definition) is 3. The van der Waals surface area contributed by atoms with Gasteiger partial charge in [-0.05, 0) is 48.9 Å². The van der Waals surface area contributed by atoms with Gasteiger partial charge < -0.3 is 16.5 Å². The molecule has 0 aliphatic heterocycles. The van der Waals surface area contributed by atoms with E-state index in [0.29, 0.717) is 11.3 Å². The first-order valence-corrected chi connectivity index (χ1v) is 8.89. The van der Waals surface area contributed by atoms with Crippen molar-refractivity contribution in [1.82, 2.24) is 9.97 Å². The summed E-state index contributed by atoms with van der Waals surface area (Å²) in [6.07, 6.45) is 6.32. The third kappa shape index (κ3) is 2.53. The summed E-state index contributed by atoms with van der Waals surface area (Å²) in [5.74, 6) is 1.58. The Labute approximate surface area is 144 Å². The fourth-order valence-electron chi connectivity index (χ4n) is 3.28. The van der Waals surface area contributed by atoms with Gasteiger partial charge in [0.25, 0.3) is 0 Å². The summed E-state index contributed by atoms with van der Waals surface area (Å²) in [4.78, 5) is 11.4. The summed E-state index contributed by atoms with van der Waals surface area (Å²) in [6.45, 7) is 2.31. The number of nitrogens with zero attached hydrogens (tertiary/aromatic N) is 2. The molecule has 0 saturated heterocycles. The van der Waals surface area contributed by atoms with Gasteiger partial charge in [-0.1, -0.05) is 6.92 Å². The van der Waals surface area contributed by atoms with E-state index in [4.69, 9.17) is 11.1 Å². The minimum absolute atomic E-state index is 0.602. The summed E-state index contributed by atoms with van der Waals surface area (Å²) in [7, 11) is 0. The van der Waals surface area contributed by atoms with Crippen molar-refractivity contribution in [3.8, 4) is 0 Å². The Hall–Kier alpha value is -2.47. The number of aromatic nitrogens is 2. The first-order chi connectivity index (χ1) is 11.7. The number of hydrogen-bond acceptors (Lipinski definition) is 6. The normalized spacial score (nSPS) is 16.8. The molecule has 2 heterocycles. The molecule has 6 heteroatoms. The molecular weight excluding hydrogens is 318 g/mol. The number of fused-ring (bicyclic) bond motifs is 3.